The molecule has 0 aliphatic rings. The van der Waals surface area contributed by atoms with Gasteiger partial charge in [0.15, 0.2) is 0 Å². The van der Waals surface area contributed by atoms with Crippen LogP contribution in [0.1, 0.15) is 48.4 Å². The first-order valence-electron chi connectivity index (χ1n) is 7.02. The van der Waals surface area contributed by atoms with Crippen LogP contribution in [0.5, 0.6) is 0 Å². The van der Waals surface area contributed by atoms with E-state index in [9.17, 15) is 19.8 Å². The molecule has 0 heterocycles. The lowest BCUT2D eigenvalue weighted by Gasteiger charge is -2.23. The molecule has 0 saturated carbocycles. The Morgan fingerprint density at radius 1 is 1.36 bits per heavy atom. The quantitative estimate of drug-likeness (QED) is 0.720. The van der Waals surface area contributed by atoms with Gasteiger partial charge in [0.2, 0.25) is 0 Å². The number of carbonyl (C=O) groups excluding carboxylic acids is 2. The normalized spacial score (nSPS) is 14.1. The van der Waals surface area contributed by atoms with Gasteiger partial charge in [-0.15, -0.1) is 0 Å². The topological polar surface area (TPSA) is 95.9 Å². The van der Waals surface area contributed by atoms with E-state index < -0.39 is 23.9 Å². The number of ether oxygens (including phenoxy) is 1. The molecule has 0 aliphatic heterocycles. The van der Waals surface area contributed by atoms with Crippen molar-refractivity contribution in [3.63, 3.8) is 0 Å². The molecule has 1 aromatic carbocycles. The number of amides is 1. The number of rotatable bonds is 5. The van der Waals surface area contributed by atoms with Crippen molar-refractivity contribution in [2.45, 2.75) is 45.5 Å². The van der Waals surface area contributed by atoms with Crippen LogP contribution in [0.4, 0.5) is 4.79 Å². The minimum absolute atomic E-state index is 0.192. The second kappa shape index (κ2) is 7.38. The SMILES string of the molecule is Cc1ccc(C=O)c(C(O)C(O)CNC(=O)OC(C)(C)C)c1. The van der Waals surface area contributed by atoms with E-state index in [1.54, 1.807) is 39.0 Å². The fourth-order valence-electron chi connectivity index (χ4n) is 1.88. The highest BCUT2D eigenvalue weighted by molar-refractivity contribution is 5.77. The lowest BCUT2D eigenvalue weighted by molar-refractivity contribution is 0.0126. The van der Waals surface area contributed by atoms with Gasteiger partial charge in [0.1, 0.15) is 24.1 Å². The Labute approximate surface area is 130 Å². The van der Waals surface area contributed by atoms with Gasteiger partial charge in [-0.05, 0) is 33.3 Å². The predicted molar refractivity (Wildman–Crippen MR) is 81.8 cm³/mol. The van der Waals surface area contributed by atoms with Crippen LogP contribution in [0.3, 0.4) is 0 Å². The molecule has 0 spiro atoms. The Morgan fingerprint density at radius 2 is 2.00 bits per heavy atom. The van der Waals surface area contributed by atoms with Crippen molar-refractivity contribution in [3.8, 4) is 0 Å². The third kappa shape index (κ3) is 5.46. The molecule has 1 rings (SSSR count). The molecule has 0 radical (unpaired) electrons. The number of benzene rings is 1. The first-order valence-corrected chi connectivity index (χ1v) is 7.02. The number of aliphatic hydroxyl groups excluding tert-OH is 2. The fraction of sp³-hybridized carbons (Fsp3) is 0.500. The maximum Gasteiger partial charge on any atom is 0.407 e. The first-order chi connectivity index (χ1) is 10.1. The lowest BCUT2D eigenvalue weighted by Crippen LogP contribution is -2.39. The first kappa shape index (κ1) is 18.1. The molecule has 122 valence electrons. The molecule has 6 heteroatoms. The predicted octanol–water partition coefficient (Wildman–Crippen LogP) is 1.73. The third-order valence-corrected chi connectivity index (χ3v) is 2.91. The number of carbonyl (C=O) groups is 2. The smallest absolute Gasteiger partial charge is 0.407 e. The van der Waals surface area contributed by atoms with Gasteiger partial charge < -0.3 is 20.3 Å². The monoisotopic (exact) mass is 309 g/mol. The summed E-state index contributed by atoms with van der Waals surface area (Å²) in [5.41, 5.74) is 0.837. The highest BCUT2D eigenvalue weighted by Gasteiger charge is 2.23. The summed E-state index contributed by atoms with van der Waals surface area (Å²) in [6, 6.07) is 4.95. The summed E-state index contributed by atoms with van der Waals surface area (Å²) in [5, 5.41) is 22.5. The zero-order valence-electron chi connectivity index (χ0n) is 13.3. The van der Waals surface area contributed by atoms with Gasteiger partial charge in [0.25, 0.3) is 0 Å². The van der Waals surface area contributed by atoms with Crippen molar-refractivity contribution < 1.29 is 24.5 Å². The average molecular weight is 309 g/mol. The number of hydrogen-bond donors (Lipinski definition) is 3. The highest BCUT2D eigenvalue weighted by Crippen LogP contribution is 2.21. The Kier molecular flexibility index (Phi) is 6.08. The minimum atomic E-state index is -1.28. The van der Waals surface area contributed by atoms with Gasteiger partial charge in [-0.25, -0.2) is 4.79 Å². The van der Waals surface area contributed by atoms with Crippen molar-refractivity contribution in [1.82, 2.24) is 5.32 Å². The van der Waals surface area contributed by atoms with Crippen molar-refractivity contribution in [2.24, 2.45) is 0 Å². The Morgan fingerprint density at radius 3 is 2.55 bits per heavy atom. The van der Waals surface area contributed by atoms with Crippen molar-refractivity contribution in [2.75, 3.05) is 6.54 Å². The van der Waals surface area contributed by atoms with Crippen molar-refractivity contribution in [1.29, 1.82) is 0 Å². The largest absolute Gasteiger partial charge is 0.444 e. The van der Waals surface area contributed by atoms with Gasteiger partial charge >= 0.3 is 6.09 Å². The molecule has 0 saturated heterocycles. The number of aryl methyl sites for hydroxylation is 1. The number of alkyl carbamates (subject to hydrolysis) is 1. The fourth-order valence-corrected chi connectivity index (χ4v) is 1.88. The number of aldehydes is 1. The summed E-state index contributed by atoms with van der Waals surface area (Å²) in [7, 11) is 0. The van der Waals surface area contributed by atoms with Crippen LogP contribution in [0, 0.1) is 6.92 Å². The molecule has 0 bridgehead atoms. The molecule has 22 heavy (non-hydrogen) atoms. The Bertz CT molecular complexity index is 536. The summed E-state index contributed by atoms with van der Waals surface area (Å²) >= 11 is 0. The lowest BCUT2D eigenvalue weighted by atomic mass is 9.97. The molecular formula is C16H23NO5. The number of nitrogens with one attached hydrogen (secondary N) is 1. The molecule has 6 nitrogen and oxygen atoms in total. The molecule has 0 aliphatic carbocycles. The summed E-state index contributed by atoms with van der Waals surface area (Å²) in [6.07, 6.45) is -2.60. The van der Waals surface area contributed by atoms with Gasteiger partial charge in [0.05, 0.1) is 0 Å². The molecule has 1 amide bonds. The van der Waals surface area contributed by atoms with E-state index in [2.05, 4.69) is 5.32 Å². The van der Waals surface area contributed by atoms with Gasteiger partial charge in [0, 0.05) is 12.1 Å². The highest BCUT2D eigenvalue weighted by atomic mass is 16.6. The third-order valence-electron chi connectivity index (χ3n) is 2.91. The van der Waals surface area contributed by atoms with Gasteiger partial charge in [-0.3, -0.25) is 4.79 Å². The average Bonchev–Trinajstić information content (AvgIpc) is 2.42. The van der Waals surface area contributed by atoms with E-state index in [1.165, 1.54) is 0 Å². The minimum Gasteiger partial charge on any atom is -0.444 e. The van der Waals surface area contributed by atoms with Crippen LogP contribution in [-0.2, 0) is 4.74 Å². The zero-order valence-corrected chi connectivity index (χ0v) is 13.3. The van der Waals surface area contributed by atoms with Crippen LogP contribution >= 0.6 is 0 Å². The van der Waals surface area contributed by atoms with Crippen molar-refractivity contribution in [3.05, 3.63) is 34.9 Å². The molecule has 1 aromatic rings. The summed E-state index contributed by atoms with van der Waals surface area (Å²) < 4.78 is 5.04. The number of aliphatic hydroxyl groups is 2. The van der Waals surface area contributed by atoms with E-state index >= 15 is 0 Å². The molecule has 3 N–H and O–H groups in total. The molecular weight excluding hydrogens is 286 g/mol. The van der Waals surface area contributed by atoms with E-state index in [0.29, 0.717) is 17.4 Å². The zero-order chi connectivity index (χ0) is 16.9. The van der Waals surface area contributed by atoms with Crippen LogP contribution in [0.2, 0.25) is 0 Å². The van der Waals surface area contributed by atoms with Crippen LogP contribution in [0.25, 0.3) is 0 Å². The van der Waals surface area contributed by atoms with Crippen LogP contribution in [-0.4, -0.2) is 40.8 Å². The summed E-state index contributed by atoms with van der Waals surface area (Å²) in [6.45, 7) is 6.79. The second-order valence-corrected chi connectivity index (χ2v) is 6.15. The molecule has 2 atom stereocenters. The van der Waals surface area contributed by atoms with E-state index in [0.717, 1.165) is 5.56 Å². The maximum atomic E-state index is 11.5. The standard InChI is InChI=1S/C16H23NO5/c1-10-5-6-11(9-18)12(7-10)14(20)13(19)8-17-15(21)22-16(2,3)4/h5-7,9,13-14,19-20H,8H2,1-4H3,(H,17,21). The van der Waals surface area contributed by atoms with E-state index in [-0.39, 0.29) is 6.54 Å². The van der Waals surface area contributed by atoms with Crippen LogP contribution in [0.15, 0.2) is 18.2 Å². The Balaban J connectivity index is 2.70. The van der Waals surface area contributed by atoms with E-state index in [1.807, 2.05) is 6.92 Å². The second-order valence-electron chi connectivity index (χ2n) is 6.15. The molecule has 2 unspecified atom stereocenters. The molecule has 0 aromatic heterocycles. The summed E-state index contributed by atoms with van der Waals surface area (Å²) in [4.78, 5) is 22.5. The van der Waals surface area contributed by atoms with Gasteiger partial charge in [-0.1, -0.05) is 23.8 Å². The maximum absolute atomic E-state index is 11.5. The number of hydrogen-bond acceptors (Lipinski definition) is 5. The summed E-state index contributed by atoms with van der Waals surface area (Å²) in [5.74, 6) is 0. The molecule has 0 fully saturated rings. The van der Waals surface area contributed by atoms with Crippen LogP contribution < -0.4 is 5.32 Å². The van der Waals surface area contributed by atoms with E-state index in [4.69, 9.17) is 4.74 Å². The van der Waals surface area contributed by atoms with Crippen molar-refractivity contribution >= 4 is 12.4 Å². The Hall–Kier alpha value is -1.92. The van der Waals surface area contributed by atoms with Gasteiger partial charge in [-0.2, -0.15) is 0 Å².